The monoisotopic (exact) mass is 398 g/mol. The van der Waals surface area contributed by atoms with Gasteiger partial charge in [0.25, 0.3) is 0 Å². The second kappa shape index (κ2) is 11.5. The molecule has 28 heavy (non-hydrogen) atoms. The van der Waals surface area contributed by atoms with Crippen LogP contribution in [0.4, 0.5) is 5.69 Å². The zero-order valence-electron chi connectivity index (χ0n) is 15.5. The summed E-state index contributed by atoms with van der Waals surface area (Å²) >= 11 is 5.10. The summed E-state index contributed by atoms with van der Waals surface area (Å²) in [6.07, 6.45) is 2.91. The number of carbonyl (C=O) groups excluding carboxylic acids is 2. The van der Waals surface area contributed by atoms with Gasteiger partial charge in [-0.3, -0.25) is 10.1 Å². The largest absolute Gasteiger partial charge is 0.493 e. The second-order valence-corrected chi connectivity index (χ2v) is 6.05. The van der Waals surface area contributed by atoms with Gasteiger partial charge in [0.2, 0.25) is 5.91 Å². The van der Waals surface area contributed by atoms with Crippen molar-refractivity contribution in [3.05, 3.63) is 72.3 Å². The molecule has 2 N–H and O–H groups in total. The van der Waals surface area contributed by atoms with Gasteiger partial charge in [-0.25, -0.2) is 4.79 Å². The summed E-state index contributed by atoms with van der Waals surface area (Å²) in [5.74, 6) is -0.421. The first-order valence-corrected chi connectivity index (χ1v) is 9.21. The Hall–Kier alpha value is -3.19. The summed E-state index contributed by atoms with van der Waals surface area (Å²) in [6.45, 7) is 2.48. The van der Waals surface area contributed by atoms with Crippen LogP contribution in [-0.2, 0) is 20.7 Å². The number of rotatable bonds is 8. The van der Waals surface area contributed by atoms with Crippen molar-refractivity contribution in [1.29, 1.82) is 0 Å². The minimum absolute atomic E-state index is 0.111. The molecule has 0 saturated carbocycles. The van der Waals surface area contributed by atoms with Crippen molar-refractivity contribution in [3.8, 4) is 5.75 Å². The van der Waals surface area contributed by atoms with Crippen molar-refractivity contribution >= 4 is 34.9 Å². The van der Waals surface area contributed by atoms with E-state index in [1.54, 1.807) is 19.1 Å². The Kier molecular flexibility index (Phi) is 8.68. The highest BCUT2D eigenvalue weighted by atomic mass is 32.1. The van der Waals surface area contributed by atoms with E-state index in [4.69, 9.17) is 21.7 Å². The van der Waals surface area contributed by atoms with Gasteiger partial charge in [-0.15, -0.1) is 0 Å². The predicted octanol–water partition coefficient (Wildman–Crippen LogP) is 3.24. The molecule has 0 atom stereocenters. The number of thiocarbonyl (C=S) groups is 1. The van der Waals surface area contributed by atoms with Gasteiger partial charge in [0, 0.05) is 30.3 Å². The maximum Gasteiger partial charge on any atom is 0.330 e. The molecule has 0 radical (unpaired) electrons. The van der Waals surface area contributed by atoms with Crippen LogP contribution in [-0.4, -0.2) is 30.2 Å². The molecule has 146 valence electrons. The maximum atomic E-state index is 11.7. The average molecular weight is 398 g/mol. The summed E-state index contributed by atoms with van der Waals surface area (Å²) in [4.78, 5) is 22.9. The topological polar surface area (TPSA) is 76.7 Å². The number of esters is 1. The van der Waals surface area contributed by atoms with Gasteiger partial charge in [-0.1, -0.05) is 36.4 Å². The summed E-state index contributed by atoms with van der Waals surface area (Å²) in [6, 6.07) is 17.3. The van der Waals surface area contributed by atoms with Crippen LogP contribution < -0.4 is 15.4 Å². The zero-order valence-corrected chi connectivity index (χ0v) is 16.3. The van der Waals surface area contributed by atoms with E-state index in [0.29, 0.717) is 18.0 Å². The van der Waals surface area contributed by atoms with Crippen molar-refractivity contribution in [2.24, 2.45) is 0 Å². The normalized spacial score (nSPS) is 10.3. The number of amides is 1. The molecule has 2 rings (SSSR count). The SMILES string of the molecule is CCOC(=O)/C=C/C(=O)NC(=S)Nc1cccc(OCCc2ccccc2)c1. The number of ether oxygens (including phenoxy) is 2. The zero-order chi connectivity index (χ0) is 20.2. The highest BCUT2D eigenvalue weighted by molar-refractivity contribution is 7.80. The minimum Gasteiger partial charge on any atom is -0.493 e. The van der Waals surface area contributed by atoms with Crippen molar-refractivity contribution < 1.29 is 19.1 Å². The molecular formula is C21H22N2O4S. The summed E-state index contributed by atoms with van der Waals surface area (Å²) < 4.78 is 10.5. The molecule has 7 heteroatoms. The van der Waals surface area contributed by atoms with Crippen LogP contribution in [0.1, 0.15) is 12.5 Å². The number of carbonyl (C=O) groups is 2. The lowest BCUT2D eigenvalue weighted by molar-refractivity contribution is -0.137. The van der Waals surface area contributed by atoms with Crippen LogP contribution >= 0.6 is 12.2 Å². The van der Waals surface area contributed by atoms with Gasteiger partial charge in [-0.05, 0) is 36.8 Å². The lowest BCUT2D eigenvalue weighted by Gasteiger charge is -2.11. The predicted molar refractivity (Wildman–Crippen MR) is 112 cm³/mol. The number of hydrogen-bond acceptors (Lipinski definition) is 5. The number of nitrogens with one attached hydrogen (secondary N) is 2. The van der Waals surface area contributed by atoms with Gasteiger partial charge < -0.3 is 14.8 Å². The maximum absolute atomic E-state index is 11.7. The molecule has 0 aliphatic heterocycles. The molecule has 2 aromatic carbocycles. The van der Waals surface area contributed by atoms with E-state index in [2.05, 4.69) is 22.8 Å². The third kappa shape index (κ3) is 8.01. The third-order valence-electron chi connectivity index (χ3n) is 3.49. The van der Waals surface area contributed by atoms with Crippen LogP contribution in [0.3, 0.4) is 0 Å². The van der Waals surface area contributed by atoms with E-state index in [-0.39, 0.29) is 11.7 Å². The van der Waals surface area contributed by atoms with E-state index in [1.165, 1.54) is 5.56 Å². The Bertz CT molecular complexity index is 837. The first kappa shape index (κ1) is 21.1. The molecule has 2 aromatic rings. The van der Waals surface area contributed by atoms with Gasteiger partial charge >= 0.3 is 5.97 Å². The van der Waals surface area contributed by atoms with Crippen LogP contribution in [0.5, 0.6) is 5.75 Å². The van der Waals surface area contributed by atoms with E-state index in [1.807, 2.05) is 30.3 Å². The van der Waals surface area contributed by atoms with E-state index < -0.39 is 11.9 Å². The Labute approximate surface area is 169 Å². The third-order valence-corrected chi connectivity index (χ3v) is 3.69. The molecule has 0 unspecified atom stereocenters. The van der Waals surface area contributed by atoms with Crippen LogP contribution in [0.2, 0.25) is 0 Å². The van der Waals surface area contributed by atoms with E-state index in [9.17, 15) is 9.59 Å². The molecule has 0 aliphatic rings. The first-order valence-electron chi connectivity index (χ1n) is 8.80. The Morgan fingerprint density at radius 1 is 1.07 bits per heavy atom. The highest BCUT2D eigenvalue weighted by Crippen LogP contribution is 2.17. The number of anilines is 1. The van der Waals surface area contributed by atoms with Crippen LogP contribution in [0.15, 0.2) is 66.7 Å². The summed E-state index contributed by atoms with van der Waals surface area (Å²) in [5.41, 5.74) is 1.88. The van der Waals surface area contributed by atoms with Gasteiger partial charge in [-0.2, -0.15) is 0 Å². The molecule has 6 nitrogen and oxygen atoms in total. The van der Waals surface area contributed by atoms with Crippen molar-refractivity contribution in [2.75, 3.05) is 18.5 Å². The molecule has 0 aliphatic carbocycles. The second-order valence-electron chi connectivity index (χ2n) is 5.64. The molecule has 1 amide bonds. The summed E-state index contributed by atoms with van der Waals surface area (Å²) in [5, 5.41) is 5.47. The van der Waals surface area contributed by atoms with E-state index >= 15 is 0 Å². The Morgan fingerprint density at radius 2 is 1.86 bits per heavy atom. The van der Waals surface area contributed by atoms with E-state index in [0.717, 1.165) is 18.6 Å². The quantitative estimate of drug-likeness (QED) is 0.404. The minimum atomic E-state index is -0.586. The Morgan fingerprint density at radius 3 is 2.61 bits per heavy atom. The van der Waals surface area contributed by atoms with Crippen molar-refractivity contribution in [2.45, 2.75) is 13.3 Å². The van der Waals surface area contributed by atoms with Crippen LogP contribution in [0.25, 0.3) is 0 Å². The molecule has 0 aromatic heterocycles. The number of benzene rings is 2. The molecule has 0 bridgehead atoms. The van der Waals surface area contributed by atoms with Crippen molar-refractivity contribution in [1.82, 2.24) is 5.32 Å². The first-order chi connectivity index (χ1) is 13.6. The van der Waals surface area contributed by atoms with Gasteiger partial charge in [0.05, 0.1) is 13.2 Å². The standard InChI is InChI=1S/C21H22N2O4S/c1-2-26-20(25)12-11-19(24)23-21(28)22-17-9-6-10-18(15-17)27-14-13-16-7-4-3-5-8-16/h3-12,15H,2,13-14H2,1H3,(H2,22,23,24,28)/b12-11+. The lowest BCUT2D eigenvalue weighted by Crippen LogP contribution is -2.33. The molecule has 0 fully saturated rings. The average Bonchev–Trinajstić information content (AvgIpc) is 2.68. The van der Waals surface area contributed by atoms with Gasteiger partial charge in [0.15, 0.2) is 5.11 Å². The van der Waals surface area contributed by atoms with Crippen LogP contribution in [0, 0.1) is 0 Å². The Balaban J connectivity index is 1.80. The molecule has 0 heterocycles. The van der Waals surface area contributed by atoms with Crippen molar-refractivity contribution in [3.63, 3.8) is 0 Å². The summed E-state index contributed by atoms with van der Waals surface area (Å²) in [7, 11) is 0. The molecular weight excluding hydrogens is 376 g/mol. The lowest BCUT2D eigenvalue weighted by atomic mass is 10.2. The fraction of sp³-hybridized carbons (Fsp3) is 0.190. The fourth-order valence-electron chi connectivity index (χ4n) is 2.25. The smallest absolute Gasteiger partial charge is 0.330 e. The highest BCUT2D eigenvalue weighted by Gasteiger charge is 2.04. The molecule has 0 spiro atoms. The fourth-order valence-corrected chi connectivity index (χ4v) is 2.46. The number of hydrogen-bond donors (Lipinski definition) is 2. The van der Waals surface area contributed by atoms with Gasteiger partial charge in [0.1, 0.15) is 5.75 Å². The molecule has 0 saturated heterocycles.